The smallest absolute Gasteiger partial charge is 0.271 e. The maximum absolute atomic E-state index is 12.4. The van der Waals surface area contributed by atoms with Crippen LogP contribution in [0.1, 0.15) is 28.7 Å². The summed E-state index contributed by atoms with van der Waals surface area (Å²) in [4.78, 5) is 28.8. The lowest BCUT2D eigenvalue weighted by Gasteiger charge is -2.12. The second-order valence-corrected chi connectivity index (χ2v) is 7.41. The second kappa shape index (κ2) is 8.90. The van der Waals surface area contributed by atoms with Gasteiger partial charge in [0.1, 0.15) is 17.5 Å². The van der Waals surface area contributed by atoms with Crippen LogP contribution in [0.5, 0.6) is 0 Å². The summed E-state index contributed by atoms with van der Waals surface area (Å²) in [6, 6.07) is 8.29. The van der Waals surface area contributed by atoms with E-state index in [4.69, 9.17) is 16.0 Å². The van der Waals surface area contributed by atoms with Crippen LogP contribution in [0.2, 0.25) is 5.02 Å². The number of rotatable bonds is 7. The van der Waals surface area contributed by atoms with E-state index in [0.717, 1.165) is 11.3 Å². The molecule has 7 nitrogen and oxygen atoms in total. The summed E-state index contributed by atoms with van der Waals surface area (Å²) < 4.78 is 5.16. The standard InChI is InChI=1S/C19H19ClN4O3S/c1-11-5-6-13(20)8-15(11)23-19-24-16(10-28-19)18(26)22-12(2)17(25)21-9-14-4-3-7-27-14/h3-8,10,12H,9H2,1-2H3,(H,21,25)(H,22,26)(H,23,24). The molecule has 2 aromatic heterocycles. The molecule has 0 saturated carbocycles. The number of furan rings is 1. The van der Waals surface area contributed by atoms with E-state index in [1.54, 1.807) is 36.6 Å². The predicted octanol–water partition coefficient (Wildman–Crippen LogP) is 3.88. The van der Waals surface area contributed by atoms with Crippen molar-refractivity contribution in [1.29, 1.82) is 0 Å². The number of benzene rings is 1. The van der Waals surface area contributed by atoms with Crippen LogP contribution in [0.4, 0.5) is 10.8 Å². The van der Waals surface area contributed by atoms with E-state index in [1.165, 1.54) is 17.6 Å². The molecule has 3 N–H and O–H groups in total. The van der Waals surface area contributed by atoms with Crippen molar-refractivity contribution in [2.75, 3.05) is 5.32 Å². The van der Waals surface area contributed by atoms with E-state index in [1.807, 2.05) is 13.0 Å². The second-order valence-electron chi connectivity index (χ2n) is 6.11. The van der Waals surface area contributed by atoms with Gasteiger partial charge in [0.15, 0.2) is 5.13 Å². The number of halogens is 1. The van der Waals surface area contributed by atoms with Gasteiger partial charge in [0.2, 0.25) is 5.91 Å². The van der Waals surface area contributed by atoms with Crippen molar-refractivity contribution in [2.24, 2.45) is 0 Å². The van der Waals surface area contributed by atoms with Crippen LogP contribution in [-0.2, 0) is 11.3 Å². The largest absolute Gasteiger partial charge is 0.467 e. The van der Waals surface area contributed by atoms with Gasteiger partial charge in [0.05, 0.1) is 12.8 Å². The van der Waals surface area contributed by atoms with Crippen LogP contribution < -0.4 is 16.0 Å². The van der Waals surface area contributed by atoms with Gasteiger partial charge < -0.3 is 20.4 Å². The molecule has 9 heteroatoms. The van der Waals surface area contributed by atoms with Crippen molar-refractivity contribution in [3.8, 4) is 0 Å². The van der Waals surface area contributed by atoms with E-state index in [-0.39, 0.29) is 18.1 Å². The van der Waals surface area contributed by atoms with Crippen LogP contribution in [0.15, 0.2) is 46.4 Å². The number of amides is 2. The molecule has 0 bridgehead atoms. The Morgan fingerprint density at radius 1 is 1.32 bits per heavy atom. The van der Waals surface area contributed by atoms with Crippen molar-refractivity contribution in [2.45, 2.75) is 26.4 Å². The maximum atomic E-state index is 12.4. The van der Waals surface area contributed by atoms with E-state index in [0.29, 0.717) is 15.9 Å². The van der Waals surface area contributed by atoms with E-state index in [2.05, 4.69) is 20.9 Å². The summed E-state index contributed by atoms with van der Waals surface area (Å²) in [5, 5.41) is 11.3. The minimum atomic E-state index is -0.712. The van der Waals surface area contributed by atoms with Gasteiger partial charge in [-0.1, -0.05) is 17.7 Å². The lowest BCUT2D eigenvalue weighted by Crippen LogP contribution is -2.44. The highest BCUT2D eigenvalue weighted by Gasteiger charge is 2.19. The summed E-state index contributed by atoms with van der Waals surface area (Å²) in [6.07, 6.45) is 1.53. The van der Waals surface area contributed by atoms with Crippen LogP contribution in [0.3, 0.4) is 0 Å². The molecule has 1 unspecified atom stereocenters. The molecular weight excluding hydrogens is 400 g/mol. The number of aryl methyl sites for hydroxylation is 1. The molecule has 0 aliphatic carbocycles. The lowest BCUT2D eigenvalue weighted by molar-refractivity contribution is -0.122. The van der Waals surface area contributed by atoms with Crippen LogP contribution >= 0.6 is 22.9 Å². The SMILES string of the molecule is Cc1ccc(Cl)cc1Nc1nc(C(=O)NC(C)C(=O)NCc2ccco2)cs1. The number of hydrogen-bond donors (Lipinski definition) is 3. The van der Waals surface area contributed by atoms with Crippen molar-refractivity contribution in [1.82, 2.24) is 15.6 Å². The minimum absolute atomic E-state index is 0.234. The van der Waals surface area contributed by atoms with Crippen LogP contribution in [-0.4, -0.2) is 22.8 Å². The number of hydrogen-bond acceptors (Lipinski definition) is 6. The number of carbonyl (C=O) groups excluding carboxylic acids is 2. The molecule has 2 heterocycles. The quantitative estimate of drug-likeness (QED) is 0.541. The number of anilines is 2. The highest BCUT2D eigenvalue weighted by Crippen LogP contribution is 2.26. The summed E-state index contributed by atoms with van der Waals surface area (Å²) >= 11 is 7.31. The molecule has 3 rings (SSSR count). The summed E-state index contributed by atoms with van der Waals surface area (Å²) in [6.45, 7) is 3.81. The van der Waals surface area contributed by atoms with Crippen LogP contribution in [0.25, 0.3) is 0 Å². The van der Waals surface area contributed by atoms with Gasteiger partial charge in [-0.25, -0.2) is 4.98 Å². The fraction of sp³-hybridized carbons (Fsp3) is 0.211. The minimum Gasteiger partial charge on any atom is -0.467 e. The molecular formula is C19H19ClN4O3S. The summed E-state index contributed by atoms with van der Waals surface area (Å²) in [5.74, 6) is -0.0981. The Morgan fingerprint density at radius 3 is 2.89 bits per heavy atom. The first-order chi connectivity index (χ1) is 13.4. The average Bonchev–Trinajstić information content (AvgIpc) is 3.34. The lowest BCUT2D eigenvalue weighted by atomic mass is 10.2. The first kappa shape index (κ1) is 19.9. The van der Waals surface area contributed by atoms with Crippen molar-refractivity contribution in [3.63, 3.8) is 0 Å². The third kappa shape index (κ3) is 5.11. The molecule has 1 aromatic carbocycles. The molecule has 0 aliphatic rings. The first-order valence-corrected chi connectivity index (χ1v) is 9.78. The van der Waals surface area contributed by atoms with Crippen molar-refractivity contribution in [3.05, 3.63) is 64.0 Å². The zero-order chi connectivity index (χ0) is 20.1. The van der Waals surface area contributed by atoms with Gasteiger partial charge in [-0.3, -0.25) is 9.59 Å². The van der Waals surface area contributed by atoms with Gasteiger partial charge in [-0.2, -0.15) is 0 Å². The Bertz CT molecular complexity index is 971. The van der Waals surface area contributed by atoms with Gasteiger partial charge >= 0.3 is 0 Å². The Hall–Kier alpha value is -2.84. The molecule has 1 atom stereocenters. The van der Waals surface area contributed by atoms with Gasteiger partial charge in [-0.05, 0) is 43.7 Å². The molecule has 28 heavy (non-hydrogen) atoms. The molecule has 0 radical (unpaired) electrons. The third-order valence-electron chi connectivity index (χ3n) is 3.94. The molecule has 3 aromatic rings. The molecule has 0 spiro atoms. The highest BCUT2D eigenvalue weighted by molar-refractivity contribution is 7.14. The number of nitrogens with one attached hydrogen (secondary N) is 3. The van der Waals surface area contributed by atoms with E-state index in [9.17, 15) is 9.59 Å². The van der Waals surface area contributed by atoms with Crippen molar-refractivity contribution < 1.29 is 14.0 Å². The molecule has 146 valence electrons. The molecule has 0 fully saturated rings. The number of nitrogens with zero attached hydrogens (tertiary/aromatic N) is 1. The third-order valence-corrected chi connectivity index (χ3v) is 4.93. The predicted molar refractivity (Wildman–Crippen MR) is 109 cm³/mol. The molecule has 0 saturated heterocycles. The van der Waals surface area contributed by atoms with Crippen LogP contribution in [0, 0.1) is 6.92 Å². The Kier molecular flexibility index (Phi) is 6.33. The van der Waals surface area contributed by atoms with Gasteiger partial charge in [0.25, 0.3) is 5.91 Å². The number of aromatic nitrogens is 1. The Balaban J connectivity index is 1.56. The summed E-state index contributed by atoms with van der Waals surface area (Å²) in [5.41, 5.74) is 2.06. The fourth-order valence-electron chi connectivity index (χ4n) is 2.36. The fourth-order valence-corrected chi connectivity index (χ4v) is 3.23. The monoisotopic (exact) mass is 418 g/mol. The number of carbonyl (C=O) groups is 2. The van der Waals surface area contributed by atoms with Gasteiger partial charge in [0, 0.05) is 16.1 Å². The zero-order valence-corrected chi connectivity index (χ0v) is 16.9. The highest BCUT2D eigenvalue weighted by atomic mass is 35.5. The van der Waals surface area contributed by atoms with E-state index >= 15 is 0 Å². The molecule has 0 aliphatic heterocycles. The Morgan fingerprint density at radius 2 is 2.14 bits per heavy atom. The number of thiazole rings is 1. The zero-order valence-electron chi connectivity index (χ0n) is 15.3. The molecule has 2 amide bonds. The normalized spacial score (nSPS) is 11.7. The maximum Gasteiger partial charge on any atom is 0.271 e. The average molecular weight is 419 g/mol. The van der Waals surface area contributed by atoms with E-state index < -0.39 is 11.9 Å². The Labute approximate surface area is 171 Å². The summed E-state index contributed by atoms with van der Waals surface area (Å²) in [7, 11) is 0. The van der Waals surface area contributed by atoms with Gasteiger partial charge in [-0.15, -0.1) is 11.3 Å². The first-order valence-electron chi connectivity index (χ1n) is 8.52. The van der Waals surface area contributed by atoms with Crippen molar-refractivity contribution >= 4 is 45.6 Å². The topological polar surface area (TPSA) is 96.3 Å².